The summed E-state index contributed by atoms with van der Waals surface area (Å²) in [7, 11) is 1.64. The Balaban J connectivity index is 1.67. The Morgan fingerprint density at radius 1 is 1.11 bits per heavy atom. The second kappa shape index (κ2) is 9.32. The monoisotopic (exact) mass is 487 g/mol. The highest BCUT2D eigenvalue weighted by atomic mass is 32.1. The minimum absolute atomic E-state index is 0.199. The molecule has 0 saturated carbocycles. The smallest absolute Gasteiger partial charge is 0.330 e. The molecule has 3 aromatic heterocycles. The van der Waals surface area contributed by atoms with Crippen molar-refractivity contribution in [2.45, 2.75) is 19.5 Å². The molecule has 0 aliphatic rings. The van der Waals surface area contributed by atoms with Gasteiger partial charge in [0.1, 0.15) is 10.5 Å². The van der Waals surface area contributed by atoms with E-state index in [1.165, 1.54) is 9.13 Å². The van der Waals surface area contributed by atoms with Gasteiger partial charge in [0.25, 0.3) is 0 Å². The van der Waals surface area contributed by atoms with E-state index in [1.807, 2.05) is 70.0 Å². The molecule has 178 valence electrons. The fourth-order valence-corrected chi connectivity index (χ4v) is 4.32. The normalized spacial score (nSPS) is 12.2. The Morgan fingerprint density at radius 3 is 2.51 bits per heavy atom. The first-order valence-electron chi connectivity index (χ1n) is 11.2. The number of rotatable bonds is 7. The predicted octanol–water partition coefficient (Wildman–Crippen LogP) is 3.80. The van der Waals surface area contributed by atoms with E-state index in [4.69, 9.17) is 17.3 Å². The topological polar surface area (TPSA) is 94.8 Å². The summed E-state index contributed by atoms with van der Waals surface area (Å²) in [6, 6.07) is 17.4. The summed E-state index contributed by atoms with van der Waals surface area (Å²) in [6.07, 6.45) is 5.39. The third-order valence-electron chi connectivity index (χ3n) is 5.99. The van der Waals surface area contributed by atoms with Gasteiger partial charge in [0.15, 0.2) is 5.65 Å². The molecule has 0 amide bonds. The van der Waals surface area contributed by atoms with Gasteiger partial charge in [-0.3, -0.25) is 9.13 Å². The molecule has 5 rings (SSSR count). The van der Waals surface area contributed by atoms with E-state index in [-0.39, 0.29) is 12.3 Å². The average molecular weight is 488 g/mol. The quantitative estimate of drug-likeness (QED) is 0.339. The number of hydrogen-bond acceptors (Lipinski definition) is 6. The highest BCUT2D eigenvalue weighted by molar-refractivity contribution is 7.71. The van der Waals surface area contributed by atoms with Crippen molar-refractivity contribution in [2.75, 3.05) is 11.9 Å². The van der Waals surface area contributed by atoms with E-state index in [1.54, 1.807) is 26.5 Å². The zero-order valence-corrected chi connectivity index (χ0v) is 20.2. The molecule has 35 heavy (non-hydrogen) atoms. The van der Waals surface area contributed by atoms with Gasteiger partial charge in [0, 0.05) is 30.8 Å². The van der Waals surface area contributed by atoms with E-state index in [0.29, 0.717) is 28.0 Å². The molecule has 0 fully saturated rings. The lowest BCUT2D eigenvalue weighted by Gasteiger charge is -2.15. The van der Waals surface area contributed by atoms with Crippen molar-refractivity contribution in [1.82, 2.24) is 28.5 Å². The second-order valence-electron chi connectivity index (χ2n) is 8.38. The molecule has 2 aromatic carbocycles. The molecule has 0 radical (unpaired) electrons. The van der Waals surface area contributed by atoms with Crippen LogP contribution in [0.25, 0.3) is 16.7 Å². The molecule has 10 heteroatoms. The average Bonchev–Trinajstić information content (AvgIpc) is 3.53. The van der Waals surface area contributed by atoms with Gasteiger partial charge in [0.05, 0.1) is 30.9 Å². The van der Waals surface area contributed by atoms with Crippen LogP contribution in [0, 0.1) is 4.64 Å². The first kappa shape index (κ1) is 22.8. The number of aromatic nitrogens is 6. The number of nitrogens with zero attached hydrogens (tertiary/aromatic N) is 6. The number of fused-ring (bicyclic) bond motifs is 1. The van der Waals surface area contributed by atoms with Gasteiger partial charge in [-0.15, -0.1) is 0 Å². The first-order valence-corrected chi connectivity index (χ1v) is 11.6. The first-order chi connectivity index (χ1) is 17.0. The van der Waals surface area contributed by atoms with Gasteiger partial charge in [0.2, 0.25) is 0 Å². The summed E-state index contributed by atoms with van der Waals surface area (Å²) in [5, 5.41) is 18.8. The summed E-state index contributed by atoms with van der Waals surface area (Å²) in [4.78, 5) is 17.2. The summed E-state index contributed by atoms with van der Waals surface area (Å²) in [5.74, 6) is 0.685. The minimum atomic E-state index is -0.464. The van der Waals surface area contributed by atoms with Crippen molar-refractivity contribution in [2.24, 2.45) is 7.05 Å². The maximum absolute atomic E-state index is 13.1. The lowest BCUT2D eigenvalue weighted by atomic mass is 10.2. The highest BCUT2D eigenvalue weighted by Gasteiger charge is 2.22. The number of anilines is 2. The third-order valence-corrected chi connectivity index (χ3v) is 6.46. The molecule has 1 unspecified atom stereocenters. The van der Waals surface area contributed by atoms with Crippen molar-refractivity contribution in [3.63, 3.8) is 0 Å². The SMILES string of the molecule is CC(CO)n1c(=O)n(C)c(=S)c2c(Nc3ccccc3)n(Cc3ccc(-n4ccnc4)cc3)nc21. The van der Waals surface area contributed by atoms with Crippen molar-refractivity contribution in [3.05, 3.63) is 94.0 Å². The highest BCUT2D eigenvalue weighted by Crippen LogP contribution is 2.29. The standard InChI is InChI=1S/C25H25N7O2S/c1-17(15-33)32-23-21(24(35)29(2)25(32)34)22(27-19-6-4-3-5-7-19)31(28-23)14-18-8-10-20(11-9-18)30-13-12-26-16-30/h3-13,16-17,27,33H,14-15H2,1-2H3. The largest absolute Gasteiger partial charge is 0.394 e. The fourth-order valence-electron chi connectivity index (χ4n) is 4.06. The third kappa shape index (κ3) is 4.17. The lowest BCUT2D eigenvalue weighted by molar-refractivity contribution is 0.236. The molecule has 0 aliphatic carbocycles. The molecule has 0 bridgehead atoms. The maximum Gasteiger partial charge on any atom is 0.330 e. The van der Waals surface area contributed by atoms with Crippen LogP contribution in [0.15, 0.2) is 78.1 Å². The Bertz CT molecular complexity index is 1580. The van der Waals surface area contributed by atoms with Crippen molar-refractivity contribution >= 4 is 34.8 Å². The van der Waals surface area contributed by atoms with Crippen LogP contribution >= 0.6 is 12.2 Å². The maximum atomic E-state index is 13.1. The number of benzene rings is 2. The van der Waals surface area contributed by atoms with E-state index < -0.39 is 6.04 Å². The Labute approximate surface area is 206 Å². The van der Waals surface area contributed by atoms with Crippen LogP contribution < -0.4 is 11.0 Å². The van der Waals surface area contributed by atoms with E-state index in [9.17, 15) is 9.90 Å². The number of hydrogen-bond donors (Lipinski definition) is 2. The van der Waals surface area contributed by atoms with Crippen LogP contribution in [0.4, 0.5) is 11.5 Å². The summed E-state index contributed by atoms with van der Waals surface area (Å²) in [5.41, 5.74) is 3.02. The van der Waals surface area contributed by atoms with Gasteiger partial charge < -0.3 is 15.0 Å². The van der Waals surface area contributed by atoms with Gasteiger partial charge in [-0.05, 0) is 36.8 Å². The molecule has 3 heterocycles. The minimum Gasteiger partial charge on any atom is -0.394 e. The molecule has 9 nitrogen and oxygen atoms in total. The summed E-state index contributed by atoms with van der Waals surface area (Å²) >= 11 is 5.69. The van der Waals surface area contributed by atoms with Crippen LogP contribution in [-0.4, -0.2) is 40.2 Å². The molecule has 1 atom stereocenters. The van der Waals surface area contributed by atoms with Crippen LogP contribution in [0.2, 0.25) is 0 Å². The Hall–Kier alpha value is -4.02. The van der Waals surface area contributed by atoms with Crippen LogP contribution in [0.5, 0.6) is 0 Å². The summed E-state index contributed by atoms with van der Waals surface area (Å²) in [6.45, 7) is 2.03. The van der Waals surface area contributed by atoms with E-state index in [2.05, 4.69) is 10.3 Å². The molecule has 0 saturated heterocycles. The second-order valence-corrected chi connectivity index (χ2v) is 8.77. The fraction of sp³-hybridized carbons (Fsp3) is 0.200. The molecule has 5 aromatic rings. The number of aliphatic hydroxyl groups is 1. The van der Waals surface area contributed by atoms with Gasteiger partial charge >= 0.3 is 5.69 Å². The predicted molar refractivity (Wildman–Crippen MR) is 138 cm³/mol. The molecular formula is C25H25N7O2S. The number of para-hydroxylation sites is 1. The molecule has 0 aliphatic heterocycles. The number of imidazole rings is 1. The van der Waals surface area contributed by atoms with Crippen molar-refractivity contribution in [1.29, 1.82) is 0 Å². The zero-order valence-electron chi connectivity index (χ0n) is 19.4. The van der Waals surface area contributed by atoms with Crippen LogP contribution in [0.1, 0.15) is 18.5 Å². The number of nitrogens with one attached hydrogen (secondary N) is 1. The van der Waals surface area contributed by atoms with Crippen LogP contribution in [0.3, 0.4) is 0 Å². The zero-order chi connectivity index (χ0) is 24.5. The van der Waals surface area contributed by atoms with E-state index >= 15 is 0 Å². The Morgan fingerprint density at radius 2 is 1.86 bits per heavy atom. The van der Waals surface area contributed by atoms with Gasteiger partial charge in [-0.2, -0.15) is 5.10 Å². The summed E-state index contributed by atoms with van der Waals surface area (Å²) < 4.78 is 7.06. The van der Waals surface area contributed by atoms with Gasteiger partial charge in [-0.1, -0.05) is 42.5 Å². The molecule has 0 spiro atoms. The number of aliphatic hydroxyl groups excluding tert-OH is 1. The Kier molecular flexibility index (Phi) is 6.06. The van der Waals surface area contributed by atoms with Crippen molar-refractivity contribution in [3.8, 4) is 5.69 Å². The van der Waals surface area contributed by atoms with E-state index in [0.717, 1.165) is 16.9 Å². The molecular weight excluding hydrogens is 462 g/mol. The van der Waals surface area contributed by atoms with Crippen LogP contribution in [-0.2, 0) is 13.6 Å². The lowest BCUT2D eigenvalue weighted by Crippen LogP contribution is -2.33. The van der Waals surface area contributed by atoms with Crippen molar-refractivity contribution < 1.29 is 5.11 Å². The molecule has 2 N–H and O–H groups in total. The van der Waals surface area contributed by atoms with Gasteiger partial charge in [-0.25, -0.2) is 14.5 Å².